The van der Waals surface area contributed by atoms with Gasteiger partial charge in [0.25, 0.3) is 0 Å². The van der Waals surface area contributed by atoms with Gasteiger partial charge in [0.15, 0.2) is 0 Å². The first kappa shape index (κ1) is 14.4. The maximum Gasteiger partial charge on any atom is 0.224 e. The molecule has 0 saturated heterocycles. The summed E-state index contributed by atoms with van der Waals surface area (Å²) in [5.74, 6) is -0.925. The van der Waals surface area contributed by atoms with Gasteiger partial charge < -0.3 is 10.5 Å². The molecule has 1 aromatic carbocycles. The van der Waals surface area contributed by atoms with Crippen molar-refractivity contribution >= 4 is 11.6 Å². The van der Waals surface area contributed by atoms with E-state index in [9.17, 15) is 9.65 Å². The Balaban J connectivity index is 2.36. The number of hydrogen-bond acceptors (Lipinski definition) is 4. The molecule has 0 radical (unpaired) electrons. The second kappa shape index (κ2) is 5.04. The van der Waals surface area contributed by atoms with E-state index in [0.717, 1.165) is 0 Å². The number of aryl methyl sites for hydroxylation is 2. The number of aromatic nitrogens is 2. The molecule has 0 fully saturated rings. The molecule has 0 saturated carbocycles. The second-order valence-electron chi connectivity index (χ2n) is 4.99. The molecular formula is C15H12ClFN4O. The third kappa shape index (κ3) is 1.94. The zero-order valence-corrected chi connectivity index (χ0v) is 12.6. The lowest BCUT2D eigenvalue weighted by molar-refractivity contribution is 0.357. The molecule has 7 heteroatoms. The Morgan fingerprint density at radius 3 is 2.82 bits per heavy atom. The van der Waals surface area contributed by atoms with Crippen LogP contribution in [0.15, 0.2) is 29.7 Å². The van der Waals surface area contributed by atoms with Gasteiger partial charge >= 0.3 is 0 Å². The Bertz CT molecular complexity index is 830. The quantitative estimate of drug-likeness (QED) is 0.877. The van der Waals surface area contributed by atoms with Crippen molar-refractivity contribution in [3.8, 4) is 11.9 Å². The largest absolute Gasteiger partial charge is 0.422 e. The molecule has 0 amide bonds. The number of allylic oxidation sites excluding steroid dienone is 1. The molecule has 1 atom stereocenters. The normalized spacial score (nSPS) is 17.0. The van der Waals surface area contributed by atoms with E-state index in [2.05, 4.69) is 5.10 Å². The first-order valence-corrected chi connectivity index (χ1v) is 6.88. The van der Waals surface area contributed by atoms with E-state index in [1.165, 1.54) is 16.8 Å². The standard InChI is InChI=1S/C15H12ClFN4O/c1-7-11-12(13-9(16)4-3-5-10(13)17)8(6-18)14(19)22-15(11)21(2)20-7/h3-5,12H,19H2,1-2H3/t12-/m1/s1. The minimum Gasteiger partial charge on any atom is -0.422 e. The van der Waals surface area contributed by atoms with Crippen molar-refractivity contribution in [1.82, 2.24) is 9.78 Å². The number of halogens is 2. The van der Waals surface area contributed by atoms with Crippen molar-refractivity contribution in [2.45, 2.75) is 12.8 Å². The van der Waals surface area contributed by atoms with Gasteiger partial charge in [-0.15, -0.1) is 0 Å². The highest BCUT2D eigenvalue weighted by Gasteiger charge is 2.37. The fraction of sp³-hybridized carbons (Fsp3) is 0.200. The summed E-state index contributed by atoms with van der Waals surface area (Å²) in [7, 11) is 1.69. The summed E-state index contributed by atoms with van der Waals surface area (Å²) in [4.78, 5) is 0. The number of fused-ring (bicyclic) bond motifs is 1. The van der Waals surface area contributed by atoms with Crippen molar-refractivity contribution in [1.29, 1.82) is 5.26 Å². The molecule has 112 valence electrons. The summed E-state index contributed by atoms with van der Waals surface area (Å²) >= 11 is 6.18. The molecule has 3 rings (SSSR count). The third-order valence-corrected chi connectivity index (χ3v) is 4.00. The van der Waals surface area contributed by atoms with Crippen LogP contribution in [-0.4, -0.2) is 9.78 Å². The van der Waals surface area contributed by atoms with Gasteiger partial charge in [0.1, 0.15) is 17.5 Å². The maximum absolute atomic E-state index is 14.4. The maximum atomic E-state index is 14.4. The van der Waals surface area contributed by atoms with Crippen LogP contribution in [0.1, 0.15) is 22.7 Å². The van der Waals surface area contributed by atoms with E-state index in [-0.39, 0.29) is 22.0 Å². The summed E-state index contributed by atoms with van der Waals surface area (Å²) in [6.45, 7) is 1.76. The zero-order valence-electron chi connectivity index (χ0n) is 11.9. The van der Waals surface area contributed by atoms with Crippen LogP contribution in [0.25, 0.3) is 0 Å². The molecule has 0 spiro atoms. The van der Waals surface area contributed by atoms with Crippen LogP contribution >= 0.6 is 11.6 Å². The number of rotatable bonds is 1. The van der Waals surface area contributed by atoms with Crippen molar-refractivity contribution < 1.29 is 9.13 Å². The Kier molecular flexibility index (Phi) is 3.30. The summed E-state index contributed by atoms with van der Waals surface area (Å²) in [6, 6.07) is 6.39. The van der Waals surface area contributed by atoms with Crippen LogP contribution in [-0.2, 0) is 7.05 Å². The first-order chi connectivity index (χ1) is 10.5. The Labute approximate surface area is 131 Å². The molecule has 2 heterocycles. The molecule has 1 aliphatic rings. The van der Waals surface area contributed by atoms with Gasteiger partial charge in [-0.1, -0.05) is 17.7 Å². The summed E-state index contributed by atoms with van der Waals surface area (Å²) in [5.41, 5.74) is 7.38. The monoisotopic (exact) mass is 318 g/mol. The lowest BCUT2D eigenvalue weighted by Gasteiger charge is -2.25. The molecule has 1 aliphatic heterocycles. The van der Waals surface area contributed by atoms with E-state index in [0.29, 0.717) is 17.1 Å². The topological polar surface area (TPSA) is 76.9 Å². The molecular weight excluding hydrogens is 307 g/mol. The average molecular weight is 319 g/mol. The van der Waals surface area contributed by atoms with Crippen LogP contribution in [0.4, 0.5) is 4.39 Å². The highest BCUT2D eigenvalue weighted by molar-refractivity contribution is 6.31. The summed E-state index contributed by atoms with van der Waals surface area (Å²) in [6.07, 6.45) is 0. The number of nitriles is 1. The van der Waals surface area contributed by atoms with Crippen molar-refractivity contribution in [3.63, 3.8) is 0 Å². The highest BCUT2D eigenvalue weighted by atomic mass is 35.5. The van der Waals surface area contributed by atoms with Gasteiger partial charge in [-0.3, -0.25) is 0 Å². The van der Waals surface area contributed by atoms with Gasteiger partial charge in [-0.25, -0.2) is 9.07 Å². The zero-order chi connectivity index (χ0) is 16.0. The number of nitrogens with zero attached hydrogens (tertiary/aromatic N) is 3. The van der Waals surface area contributed by atoms with E-state index in [1.807, 2.05) is 6.07 Å². The molecule has 0 aliphatic carbocycles. The van der Waals surface area contributed by atoms with Crippen LogP contribution in [0, 0.1) is 24.1 Å². The molecule has 2 N–H and O–H groups in total. The van der Waals surface area contributed by atoms with Crippen LogP contribution in [0.2, 0.25) is 5.02 Å². The van der Waals surface area contributed by atoms with Crippen LogP contribution in [0.3, 0.4) is 0 Å². The highest BCUT2D eigenvalue weighted by Crippen LogP contribution is 2.46. The molecule has 1 aromatic heterocycles. The molecule has 0 unspecified atom stereocenters. The smallest absolute Gasteiger partial charge is 0.224 e. The predicted molar refractivity (Wildman–Crippen MR) is 78.7 cm³/mol. The first-order valence-electron chi connectivity index (χ1n) is 6.50. The van der Waals surface area contributed by atoms with Gasteiger partial charge in [-0.2, -0.15) is 10.4 Å². The van der Waals surface area contributed by atoms with Crippen molar-refractivity contribution in [2.24, 2.45) is 12.8 Å². The van der Waals surface area contributed by atoms with E-state index in [1.54, 1.807) is 20.0 Å². The molecule has 0 bridgehead atoms. The predicted octanol–water partition coefficient (Wildman–Crippen LogP) is 2.74. The number of nitrogens with two attached hydrogens (primary N) is 1. The van der Waals surface area contributed by atoms with Crippen LogP contribution < -0.4 is 10.5 Å². The molecule has 22 heavy (non-hydrogen) atoms. The van der Waals surface area contributed by atoms with E-state index < -0.39 is 11.7 Å². The van der Waals surface area contributed by atoms with Gasteiger partial charge in [0, 0.05) is 17.6 Å². The number of benzene rings is 1. The Morgan fingerprint density at radius 2 is 2.18 bits per heavy atom. The second-order valence-corrected chi connectivity index (χ2v) is 5.40. The summed E-state index contributed by atoms with van der Waals surface area (Å²) in [5, 5.41) is 13.9. The van der Waals surface area contributed by atoms with Crippen LogP contribution in [0.5, 0.6) is 5.88 Å². The fourth-order valence-corrected chi connectivity index (χ4v) is 3.02. The Morgan fingerprint density at radius 1 is 1.45 bits per heavy atom. The van der Waals surface area contributed by atoms with Gasteiger partial charge in [0.2, 0.25) is 11.8 Å². The minimum absolute atomic E-state index is 0.0673. The number of hydrogen-bond donors (Lipinski definition) is 1. The SMILES string of the molecule is Cc1nn(C)c2c1[C@H](c1c(F)cccc1Cl)C(C#N)=C(N)O2. The van der Waals surface area contributed by atoms with Gasteiger partial charge in [0.05, 0.1) is 17.2 Å². The lowest BCUT2D eigenvalue weighted by atomic mass is 9.84. The minimum atomic E-state index is -0.740. The number of ether oxygens (including phenoxy) is 1. The lowest BCUT2D eigenvalue weighted by Crippen LogP contribution is -2.22. The van der Waals surface area contributed by atoms with Crippen molar-refractivity contribution in [2.75, 3.05) is 0 Å². The molecule has 2 aromatic rings. The Hall–Kier alpha value is -2.52. The summed E-state index contributed by atoms with van der Waals surface area (Å²) < 4.78 is 21.4. The average Bonchev–Trinajstić information content (AvgIpc) is 2.73. The van der Waals surface area contributed by atoms with E-state index in [4.69, 9.17) is 22.1 Å². The van der Waals surface area contributed by atoms with E-state index >= 15 is 0 Å². The molecule has 5 nitrogen and oxygen atoms in total. The van der Waals surface area contributed by atoms with Gasteiger partial charge in [-0.05, 0) is 19.1 Å². The fourth-order valence-electron chi connectivity index (χ4n) is 2.75. The van der Waals surface area contributed by atoms with Crippen molar-refractivity contribution in [3.05, 3.63) is 57.3 Å². The third-order valence-electron chi connectivity index (χ3n) is 3.67.